The van der Waals surface area contributed by atoms with E-state index in [0.717, 1.165) is 23.4 Å². The smallest absolute Gasteiger partial charge is 0.222 e. The van der Waals surface area contributed by atoms with Crippen molar-refractivity contribution in [2.45, 2.75) is 39.8 Å². The Bertz CT molecular complexity index is 542. The van der Waals surface area contributed by atoms with E-state index in [1.54, 1.807) is 23.0 Å². The molecule has 20 heavy (non-hydrogen) atoms. The van der Waals surface area contributed by atoms with Gasteiger partial charge in [0, 0.05) is 25.6 Å². The molecular weight excluding hydrogens is 258 g/mol. The van der Waals surface area contributed by atoms with E-state index in [1.807, 2.05) is 13.8 Å². The lowest BCUT2D eigenvalue weighted by molar-refractivity contribution is -0.130. The van der Waals surface area contributed by atoms with Gasteiger partial charge in [0.05, 0.1) is 12.2 Å². The van der Waals surface area contributed by atoms with E-state index in [1.165, 1.54) is 6.33 Å². The second-order valence-electron chi connectivity index (χ2n) is 4.81. The van der Waals surface area contributed by atoms with E-state index >= 15 is 0 Å². The summed E-state index contributed by atoms with van der Waals surface area (Å²) in [6.07, 6.45) is 4.37. The Kier molecular flexibility index (Phi) is 4.49. The van der Waals surface area contributed by atoms with Gasteiger partial charge < -0.3 is 9.42 Å². The van der Waals surface area contributed by atoms with E-state index in [4.69, 9.17) is 4.52 Å². The summed E-state index contributed by atoms with van der Waals surface area (Å²) in [6.45, 7) is 4.97. The van der Waals surface area contributed by atoms with Crippen molar-refractivity contribution >= 4 is 5.91 Å². The maximum absolute atomic E-state index is 12.0. The lowest BCUT2D eigenvalue weighted by atomic mass is 10.2. The Labute approximate surface area is 117 Å². The third kappa shape index (κ3) is 3.43. The van der Waals surface area contributed by atoms with E-state index < -0.39 is 0 Å². The molecular formula is C13H19N5O2. The third-order valence-electron chi connectivity index (χ3n) is 3.25. The quantitative estimate of drug-likeness (QED) is 0.796. The zero-order valence-corrected chi connectivity index (χ0v) is 12.0. The van der Waals surface area contributed by atoms with Crippen molar-refractivity contribution in [1.29, 1.82) is 0 Å². The first-order chi connectivity index (χ1) is 9.58. The maximum Gasteiger partial charge on any atom is 0.222 e. The lowest BCUT2D eigenvalue weighted by Crippen LogP contribution is -2.26. The molecule has 2 aromatic heterocycles. The van der Waals surface area contributed by atoms with Gasteiger partial charge in [-0.25, -0.2) is 4.98 Å². The monoisotopic (exact) mass is 277 g/mol. The number of amides is 1. The van der Waals surface area contributed by atoms with Gasteiger partial charge in [0.15, 0.2) is 0 Å². The Morgan fingerprint density at radius 1 is 1.45 bits per heavy atom. The number of rotatable bonds is 6. The molecule has 0 aromatic carbocycles. The Morgan fingerprint density at radius 3 is 2.85 bits per heavy atom. The fraction of sp³-hybridized carbons (Fsp3) is 0.538. The summed E-state index contributed by atoms with van der Waals surface area (Å²) in [6, 6.07) is 0. The van der Waals surface area contributed by atoms with Crippen LogP contribution in [0.25, 0.3) is 0 Å². The highest BCUT2D eigenvalue weighted by atomic mass is 16.5. The number of nitrogens with zero attached hydrogens (tertiary/aromatic N) is 5. The normalized spacial score (nSPS) is 10.8. The van der Waals surface area contributed by atoms with Crippen molar-refractivity contribution in [2.75, 3.05) is 7.05 Å². The topological polar surface area (TPSA) is 77.0 Å². The standard InChI is InChI=1S/C13H19N5O2/c1-10-12(11(2)20-16-10)7-17(3)13(19)5-4-6-18-9-14-8-15-18/h8-9H,4-7H2,1-3H3. The molecule has 0 N–H and O–H groups in total. The van der Waals surface area contributed by atoms with Crippen LogP contribution >= 0.6 is 0 Å². The molecule has 1 amide bonds. The van der Waals surface area contributed by atoms with Crippen LogP contribution in [0.2, 0.25) is 0 Å². The first kappa shape index (κ1) is 14.2. The fourth-order valence-corrected chi connectivity index (χ4v) is 1.98. The van der Waals surface area contributed by atoms with Gasteiger partial charge in [-0.15, -0.1) is 0 Å². The van der Waals surface area contributed by atoms with Gasteiger partial charge in [-0.3, -0.25) is 9.48 Å². The minimum Gasteiger partial charge on any atom is -0.361 e. The molecule has 0 aliphatic carbocycles. The van der Waals surface area contributed by atoms with Gasteiger partial charge in [0.2, 0.25) is 5.91 Å². The molecule has 0 saturated carbocycles. The Morgan fingerprint density at radius 2 is 2.25 bits per heavy atom. The van der Waals surface area contributed by atoms with E-state index in [9.17, 15) is 4.79 Å². The third-order valence-corrected chi connectivity index (χ3v) is 3.25. The van der Waals surface area contributed by atoms with Gasteiger partial charge in [-0.2, -0.15) is 5.10 Å². The molecule has 2 heterocycles. The van der Waals surface area contributed by atoms with Gasteiger partial charge in [0.25, 0.3) is 0 Å². The number of carbonyl (C=O) groups is 1. The molecule has 0 aliphatic rings. The number of hydrogen-bond acceptors (Lipinski definition) is 5. The molecule has 0 aliphatic heterocycles. The van der Waals surface area contributed by atoms with Gasteiger partial charge in [0.1, 0.15) is 18.4 Å². The van der Waals surface area contributed by atoms with Crippen molar-refractivity contribution < 1.29 is 9.32 Å². The maximum atomic E-state index is 12.0. The molecule has 2 aromatic rings. The fourth-order valence-electron chi connectivity index (χ4n) is 1.98. The SMILES string of the molecule is Cc1noc(C)c1CN(C)C(=O)CCCn1cncn1. The highest BCUT2D eigenvalue weighted by Crippen LogP contribution is 2.14. The predicted octanol–water partition coefficient (Wildman–Crippen LogP) is 1.32. The van der Waals surface area contributed by atoms with Crippen LogP contribution in [-0.4, -0.2) is 37.8 Å². The number of hydrogen-bond donors (Lipinski definition) is 0. The van der Waals surface area contributed by atoms with E-state index in [-0.39, 0.29) is 5.91 Å². The van der Waals surface area contributed by atoms with E-state index in [0.29, 0.717) is 19.5 Å². The Balaban J connectivity index is 1.80. The molecule has 2 rings (SSSR count). The van der Waals surface area contributed by atoms with Gasteiger partial charge >= 0.3 is 0 Å². The van der Waals surface area contributed by atoms with Crippen molar-refractivity contribution in [3.8, 4) is 0 Å². The van der Waals surface area contributed by atoms with E-state index in [2.05, 4.69) is 15.2 Å². The molecule has 0 atom stereocenters. The van der Waals surface area contributed by atoms with Crippen molar-refractivity contribution in [3.63, 3.8) is 0 Å². The minimum atomic E-state index is 0.102. The van der Waals surface area contributed by atoms with Crippen LogP contribution < -0.4 is 0 Å². The molecule has 0 saturated heterocycles. The highest BCUT2D eigenvalue weighted by Gasteiger charge is 2.15. The second kappa shape index (κ2) is 6.31. The van der Waals surface area contributed by atoms with Gasteiger partial charge in [-0.05, 0) is 20.3 Å². The van der Waals surface area contributed by atoms with Crippen LogP contribution in [0.4, 0.5) is 0 Å². The molecule has 0 spiro atoms. The van der Waals surface area contributed by atoms with Crippen molar-refractivity contribution in [3.05, 3.63) is 29.7 Å². The minimum absolute atomic E-state index is 0.102. The van der Waals surface area contributed by atoms with Crippen molar-refractivity contribution in [2.24, 2.45) is 0 Å². The number of aryl methyl sites for hydroxylation is 3. The first-order valence-electron chi connectivity index (χ1n) is 6.56. The van der Waals surface area contributed by atoms with Crippen LogP contribution in [-0.2, 0) is 17.9 Å². The molecule has 0 fully saturated rings. The largest absolute Gasteiger partial charge is 0.361 e. The molecule has 7 nitrogen and oxygen atoms in total. The summed E-state index contributed by atoms with van der Waals surface area (Å²) in [5.74, 6) is 0.870. The first-order valence-corrected chi connectivity index (χ1v) is 6.56. The van der Waals surface area contributed by atoms with Crippen molar-refractivity contribution in [1.82, 2.24) is 24.8 Å². The summed E-state index contributed by atoms with van der Waals surface area (Å²) in [4.78, 5) is 17.6. The average molecular weight is 277 g/mol. The zero-order valence-electron chi connectivity index (χ0n) is 12.0. The lowest BCUT2D eigenvalue weighted by Gasteiger charge is -2.16. The summed E-state index contributed by atoms with van der Waals surface area (Å²) in [7, 11) is 1.80. The molecule has 0 radical (unpaired) electrons. The summed E-state index contributed by atoms with van der Waals surface area (Å²) < 4.78 is 6.82. The average Bonchev–Trinajstić information content (AvgIpc) is 3.03. The van der Waals surface area contributed by atoms with Crippen LogP contribution in [0.5, 0.6) is 0 Å². The second-order valence-corrected chi connectivity index (χ2v) is 4.81. The Hall–Kier alpha value is -2.18. The predicted molar refractivity (Wildman–Crippen MR) is 71.7 cm³/mol. The van der Waals surface area contributed by atoms with Crippen LogP contribution in [0.3, 0.4) is 0 Å². The van der Waals surface area contributed by atoms with Crippen LogP contribution in [0.1, 0.15) is 29.9 Å². The molecule has 0 bridgehead atoms. The molecule has 108 valence electrons. The molecule has 7 heteroatoms. The summed E-state index contributed by atoms with van der Waals surface area (Å²) in [5.41, 5.74) is 1.82. The van der Waals surface area contributed by atoms with Gasteiger partial charge in [-0.1, -0.05) is 5.16 Å². The number of aromatic nitrogens is 4. The van der Waals surface area contributed by atoms with Crippen LogP contribution in [0.15, 0.2) is 17.2 Å². The molecule has 0 unspecified atom stereocenters. The van der Waals surface area contributed by atoms with Crippen LogP contribution in [0, 0.1) is 13.8 Å². The summed E-state index contributed by atoms with van der Waals surface area (Å²) in [5, 5.41) is 7.89. The highest BCUT2D eigenvalue weighted by molar-refractivity contribution is 5.75. The zero-order chi connectivity index (χ0) is 14.5. The summed E-state index contributed by atoms with van der Waals surface area (Å²) >= 11 is 0. The number of carbonyl (C=O) groups excluding carboxylic acids is 1.